The summed E-state index contributed by atoms with van der Waals surface area (Å²) in [7, 11) is -1.82. The molecule has 0 amide bonds. The molecule has 0 aromatic heterocycles. The van der Waals surface area contributed by atoms with E-state index in [0.29, 0.717) is 42.0 Å². The Kier molecular flexibility index (Phi) is 5.04. The van der Waals surface area contributed by atoms with E-state index in [-0.39, 0.29) is 16.6 Å². The van der Waals surface area contributed by atoms with E-state index >= 15 is 0 Å². The monoisotopic (exact) mass is 404 g/mol. The van der Waals surface area contributed by atoms with Gasteiger partial charge in [0.05, 0.1) is 12.2 Å². The van der Waals surface area contributed by atoms with Crippen LogP contribution in [0.15, 0.2) is 11.6 Å². The van der Waals surface area contributed by atoms with Gasteiger partial charge in [0.2, 0.25) is 0 Å². The summed E-state index contributed by atoms with van der Waals surface area (Å²) in [6.45, 7) is 14.1. The van der Waals surface area contributed by atoms with E-state index in [0.717, 1.165) is 32.1 Å². The fourth-order valence-corrected chi connectivity index (χ4v) is 8.39. The van der Waals surface area contributed by atoms with Crippen LogP contribution in [0, 0.1) is 29.1 Å². The summed E-state index contributed by atoms with van der Waals surface area (Å²) in [5.74, 6) is 2.35. The first kappa shape index (κ1) is 20.8. The number of aliphatic hydroxyl groups is 1. The number of allylic oxidation sites excluding steroid dienone is 1. The number of fused-ring (bicyclic) bond motifs is 5. The van der Waals surface area contributed by atoms with Crippen LogP contribution in [0.5, 0.6) is 0 Å². The average Bonchev–Trinajstić information content (AvgIpc) is 2.89. The highest BCUT2D eigenvalue weighted by atomic mass is 28.4. The summed E-state index contributed by atoms with van der Waals surface area (Å²) < 4.78 is 6.96. The average molecular weight is 405 g/mol. The molecule has 0 unspecified atom stereocenters. The van der Waals surface area contributed by atoms with E-state index in [2.05, 4.69) is 40.8 Å². The third-order valence-corrected chi connectivity index (χ3v) is 13.9. The number of hydrogen-bond acceptors (Lipinski definition) is 3. The standard InChI is InChI=1S/C24H40O3Si/c1-23(2,3)28(5,6)27-21-12-11-19-18-9-7-15-13-16(25)8-10-17(15)22(18)20(26)14-24(19,21)4/h13,17-22,26H,7-12,14H2,1-6H3/t17-,18-,19-,20-,21-,22+,24-/m0/s1. The van der Waals surface area contributed by atoms with Crippen LogP contribution >= 0.6 is 0 Å². The number of carbonyl (C=O) groups is 1. The van der Waals surface area contributed by atoms with Crippen molar-refractivity contribution in [3.05, 3.63) is 11.6 Å². The molecule has 4 rings (SSSR count). The molecule has 0 spiro atoms. The third-order valence-electron chi connectivity index (χ3n) is 9.43. The largest absolute Gasteiger partial charge is 0.413 e. The lowest BCUT2D eigenvalue weighted by Gasteiger charge is -2.56. The summed E-state index contributed by atoms with van der Waals surface area (Å²) in [6, 6.07) is 0. The quantitative estimate of drug-likeness (QED) is 0.619. The molecule has 28 heavy (non-hydrogen) atoms. The summed E-state index contributed by atoms with van der Waals surface area (Å²) in [5, 5.41) is 11.6. The Hall–Kier alpha value is -0.453. The Labute approximate surface area is 172 Å². The minimum atomic E-state index is -1.82. The molecule has 3 fully saturated rings. The third kappa shape index (κ3) is 3.18. The molecule has 7 atom stereocenters. The van der Waals surface area contributed by atoms with Gasteiger partial charge in [0.25, 0.3) is 0 Å². The molecular formula is C24H40O3Si. The summed E-state index contributed by atoms with van der Waals surface area (Å²) >= 11 is 0. The smallest absolute Gasteiger partial charge is 0.192 e. The van der Waals surface area contributed by atoms with Gasteiger partial charge in [0.1, 0.15) is 0 Å². The maximum Gasteiger partial charge on any atom is 0.192 e. The van der Waals surface area contributed by atoms with Crippen molar-refractivity contribution in [2.24, 2.45) is 29.1 Å². The van der Waals surface area contributed by atoms with E-state index in [9.17, 15) is 9.90 Å². The van der Waals surface area contributed by atoms with Crippen LogP contribution in [0.2, 0.25) is 18.1 Å². The van der Waals surface area contributed by atoms with Gasteiger partial charge in [0.15, 0.2) is 14.1 Å². The van der Waals surface area contributed by atoms with Gasteiger partial charge in [-0.15, -0.1) is 0 Å². The Morgan fingerprint density at radius 1 is 1.14 bits per heavy atom. The molecule has 4 heteroatoms. The summed E-state index contributed by atoms with van der Waals surface area (Å²) in [5.41, 5.74) is 1.44. The topological polar surface area (TPSA) is 46.5 Å². The van der Waals surface area contributed by atoms with Crippen molar-refractivity contribution in [3.8, 4) is 0 Å². The van der Waals surface area contributed by atoms with Crippen LogP contribution in [-0.2, 0) is 9.22 Å². The molecule has 0 saturated heterocycles. The number of hydrogen-bond donors (Lipinski definition) is 1. The fraction of sp³-hybridized carbons (Fsp3) is 0.875. The molecule has 158 valence electrons. The first-order chi connectivity index (χ1) is 12.9. The molecule has 0 bridgehead atoms. The predicted octanol–water partition coefficient (Wildman–Crippen LogP) is 5.49. The molecule has 1 N–H and O–H groups in total. The number of carbonyl (C=O) groups excluding carboxylic acids is 1. The second kappa shape index (κ2) is 6.78. The van der Waals surface area contributed by atoms with E-state index in [1.807, 2.05) is 6.08 Å². The van der Waals surface area contributed by atoms with Crippen LogP contribution in [0.1, 0.15) is 72.6 Å². The SMILES string of the molecule is CC(C)(C)[Si](C)(C)O[C@H]1CC[C@H]2[C@@H]3CCC4=CC(=O)CC[C@@H]4[C@H]3[C@@H](O)C[C@]12C. The lowest BCUT2D eigenvalue weighted by Crippen LogP contribution is -2.56. The van der Waals surface area contributed by atoms with Crippen molar-refractivity contribution in [2.45, 2.75) is 103 Å². The van der Waals surface area contributed by atoms with Gasteiger partial charge in [-0.2, -0.15) is 0 Å². The Balaban J connectivity index is 1.59. The van der Waals surface area contributed by atoms with Gasteiger partial charge >= 0.3 is 0 Å². The van der Waals surface area contributed by atoms with Crippen molar-refractivity contribution in [1.82, 2.24) is 0 Å². The second-order valence-electron chi connectivity index (χ2n) is 11.9. The molecule has 0 aromatic rings. The van der Waals surface area contributed by atoms with Gasteiger partial charge in [-0.05, 0) is 91.8 Å². The van der Waals surface area contributed by atoms with Crippen molar-refractivity contribution >= 4 is 14.1 Å². The van der Waals surface area contributed by atoms with E-state index in [1.54, 1.807) is 0 Å². The maximum atomic E-state index is 11.9. The van der Waals surface area contributed by atoms with Gasteiger partial charge in [-0.1, -0.05) is 33.3 Å². The zero-order valence-electron chi connectivity index (χ0n) is 18.8. The van der Waals surface area contributed by atoms with Crippen molar-refractivity contribution in [1.29, 1.82) is 0 Å². The highest BCUT2D eigenvalue weighted by Gasteiger charge is 2.60. The molecule has 3 nitrogen and oxygen atoms in total. The lowest BCUT2D eigenvalue weighted by atomic mass is 9.51. The number of ketones is 1. The maximum absolute atomic E-state index is 11.9. The Bertz CT molecular complexity index is 676. The molecule has 3 saturated carbocycles. The van der Waals surface area contributed by atoms with Gasteiger partial charge < -0.3 is 9.53 Å². The van der Waals surface area contributed by atoms with Gasteiger partial charge in [-0.3, -0.25) is 4.79 Å². The first-order valence-corrected chi connectivity index (χ1v) is 14.4. The molecule has 4 aliphatic rings. The van der Waals surface area contributed by atoms with Crippen molar-refractivity contribution in [2.75, 3.05) is 0 Å². The van der Waals surface area contributed by atoms with Gasteiger partial charge in [0, 0.05) is 6.42 Å². The Morgan fingerprint density at radius 3 is 2.54 bits per heavy atom. The summed E-state index contributed by atoms with van der Waals surface area (Å²) in [4.78, 5) is 11.9. The Morgan fingerprint density at radius 2 is 1.86 bits per heavy atom. The lowest BCUT2D eigenvalue weighted by molar-refractivity contribution is -0.123. The van der Waals surface area contributed by atoms with Gasteiger partial charge in [-0.25, -0.2) is 0 Å². The molecule has 0 aliphatic heterocycles. The van der Waals surface area contributed by atoms with Crippen molar-refractivity contribution in [3.63, 3.8) is 0 Å². The van der Waals surface area contributed by atoms with Crippen LogP contribution in [-0.4, -0.2) is 31.4 Å². The molecule has 0 aromatic carbocycles. The molecule has 0 radical (unpaired) electrons. The second-order valence-corrected chi connectivity index (χ2v) is 16.7. The zero-order valence-corrected chi connectivity index (χ0v) is 19.8. The van der Waals surface area contributed by atoms with Crippen LogP contribution in [0.4, 0.5) is 0 Å². The van der Waals surface area contributed by atoms with E-state index in [1.165, 1.54) is 12.0 Å². The van der Waals surface area contributed by atoms with Crippen LogP contribution in [0.3, 0.4) is 0 Å². The van der Waals surface area contributed by atoms with Crippen LogP contribution < -0.4 is 0 Å². The molecule has 4 aliphatic carbocycles. The number of aliphatic hydroxyl groups excluding tert-OH is 1. The highest BCUT2D eigenvalue weighted by Crippen LogP contribution is 2.63. The first-order valence-electron chi connectivity index (χ1n) is 11.5. The summed E-state index contributed by atoms with van der Waals surface area (Å²) in [6.07, 6.45) is 9.05. The normalized spacial score (nSPS) is 43.8. The highest BCUT2D eigenvalue weighted by molar-refractivity contribution is 6.74. The minimum absolute atomic E-state index is 0.0990. The van der Waals surface area contributed by atoms with E-state index < -0.39 is 8.32 Å². The van der Waals surface area contributed by atoms with Crippen molar-refractivity contribution < 1.29 is 14.3 Å². The molecule has 0 heterocycles. The zero-order chi connectivity index (χ0) is 20.5. The fourth-order valence-electron chi connectivity index (χ4n) is 6.94. The van der Waals surface area contributed by atoms with E-state index in [4.69, 9.17) is 4.43 Å². The predicted molar refractivity (Wildman–Crippen MR) is 116 cm³/mol. The molecular weight excluding hydrogens is 364 g/mol. The van der Waals surface area contributed by atoms with Crippen LogP contribution in [0.25, 0.3) is 0 Å². The number of rotatable bonds is 2. The minimum Gasteiger partial charge on any atom is -0.413 e.